The molecule has 3 atom stereocenters. The van der Waals surface area contributed by atoms with E-state index in [1.54, 1.807) is 5.57 Å². The van der Waals surface area contributed by atoms with Crippen LogP contribution in [0.25, 0.3) is 0 Å². The Kier molecular flexibility index (Phi) is 0.677. The molecule has 8 heavy (non-hydrogen) atoms. The first kappa shape index (κ1) is 4.60. The van der Waals surface area contributed by atoms with E-state index in [0.29, 0.717) is 0 Å². The molecule has 0 aliphatic heterocycles. The summed E-state index contributed by atoms with van der Waals surface area (Å²) < 4.78 is 0. The van der Waals surface area contributed by atoms with Crippen LogP contribution < -0.4 is 0 Å². The molecular weight excluding hydrogens is 96.1 g/mol. The van der Waals surface area contributed by atoms with E-state index in [2.05, 4.69) is 13.5 Å². The average molecular weight is 108 g/mol. The zero-order chi connectivity index (χ0) is 5.72. The minimum Gasteiger partial charge on any atom is -0.0993 e. The predicted octanol–water partition coefficient (Wildman–Crippen LogP) is 2.22. The fourth-order valence-electron chi connectivity index (χ4n) is 2.08. The van der Waals surface area contributed by atoms with Crippen molar-refractivity contribution in [2.24, 2.45) is 17.8 Å². The van der Waals surface area contributed by atoms with Gasteiger partial charge in [-0.1, -0.05) is 19.1 Å². The third-order valence-electron chi connectivity index (χ3n) is 2.75. The number of allylic oxidation sites excluding steroid dienone is 1. The third kappa shape index (κ3) is 0.331. The third-order valence-corrected chi connectivity index (χ3v) is 2.75. The van der Waals surface area contributed by atoms with Crippen LogP contribution in [0, 0.1) is 17.8 Å². The van der Waals surface area contributed by atoms with E-state index >= 15 is 0 Å². The van der Waals surface area contributed by atoms with E-state index in [1.807, 2.05) is 0 Å². The first-order valence-electron chi connectivity index (χ1n) is 3.53. The summed E-state index contributed by atoms with van der Waals surface area (Å²) in [6.45, 7) is 6.30. The topological polar surface area (TPSA) is 0 Å². The molecule has 0 heterocycles. The van der Waals surface area contributed by atoms with Crippen molar-refractivity contribution in [1.82, 2.24) is 0 Å². The lowest BCUT2D eigenvalue weighted by Gasteiger charge is -2.26. The Hall–Kier alpha value is -0.260. The Morgan fingerprint density at radius 1 is 1.75 bits per heavy atom. The van der Waals surface area contributed by atoms with Crippen LogP contribution in [-0.2, 0) is 0 Å². The summed E-state index contributed by atoms with van der Waals surface area (Å²) in [6, 6.07) is 0. The van der Waals surface area contributed by atoms with Crippen LogP contribution >= 0.6 is 0 Å². The van der Waals surface area contributed by atoms with Crippen molar-refractivity contribution in [3.05, 3.63) is 12.2 Å². The zero-order valence-electron chi connectivity index (χ0n) is 5.35. The molecule has 0 amide bonds. The van der Waals surface area contributed by atoms with Crippen LogP contribution in [0.2, 0.25) is 0 Å². The van der Waals surface area contributed by atoms with Gasteiger partial charge < -0.3 is 0 Å². The van der Waals surface area contributed by atoms with Crippen LogP contribution in [0.5, 0.6) is 0 Å². The molecule has 2 aliphatic rings. The minimum atomic E-state index is 0.931. The Bertz CT molecular complexity index is 135. The van der Waals surface area contributed by atoms with Gasteiger partial charge in [0.1, 0.15) is 0 Å². The monoisotopic (exact) mass is 108 g/mol. The van der Waals surface area contributed by atoms with E-state index in [4.69, 9.17) is 0 Å². The molecule has 0 aromatic rings. The first-order valence-corrected chi connectivity index (χ1v) is 3.53. The van der Waals surface area contributed by atoms with Gasteiger partial charge in [-0.05, 0) is 30.6 Å². The lowest BCUT2D eigenvalue weighted by molar-refractivity contribution is 0.401. The van der Waals surface area contributed by atoms with Gasteiger partial charge >= 0.3 is 0 Å². The second-order valence-corrected chi connectivity index (χ2v) is 3.10. The lowest BCUT2D eigenvalue weighted by atomic mass is 9.79. The Labute approximate surface area is 50.6 Å². The van der Waals surface area contributed by atoms with Crippen molar-refractivity contribution in [2.75, 3.05) is 0 Å². The molecule has 3 unspecified atom stereocenters. The van der Waals surface area contributed by atoms with E-state index < -0.39 is 0 Å². The van der Waals surface area contributed by atoms with Crippen molar-refractivity contribution >= 4 is 0 Å². The molecular formula is C8H12. The molecule has 2 saturated carbocycles. The van der Waals surface area contributed by atoms with E-state index in [1.165, 1.54) is 12.8 Å². The maximum absolute atomic E-state index is 4.04. The van der Waals surface area contributed by atoms with E-state index in [0.717, 1.165) is 17.8 Å². The number of rotatable bonds is 1. The van der Waals surface area contributed by atoms with E-state index in [9.17, 15) is 0 Å². The van der Waals surface area contributed by atoms with Crippen molar-refractivity contribution in [3.8, 4) is 0 Å². The molecule has 0 bridgehead atoms. The minimum absolute atomic E-state index is 0.931. The summed E-state index contributed by atoms with van der Waals surface area (Å²) in [4.78, 5) is 0. The van der Waals surface area contributed by atoms with Gasteiger partial charge in [0.25, 0.3) is 0 Å². The van der Waals surface area contributed by atoms with Crippen LogP contribution in [0.1, 0.15) is 19.8 Å². The number of fused-ring (bicyclic) bond motifs is 1. The molecule has 0 aromatic heterocycles. The highest BCUT2D eigenvalue weighted by molar-refractivity contribution is 5.29. The van der Waals surface area contributed by atoms with E-state index in [-0.39, 0.29) is 0 Å². The SMILES string of the molecule is C=C1C(CC)C2CC12. The maximum atomic E-state index is 4.04. The first-order chi connectivity index (χ1) is 3.84. The summed E-state index contributed by atoms with van der Waals surface area (Å²) in [6.07, 6.45) is 2.80. The number of hydrogen-bond acceptors (Lipinski definition) is 0. The maximum Gasteiger partial charge on any atom is -0.0166 e. The Balaban J connectivity index is 2.08. The molecule has 0 nitrogen and oxygen atoms in total. The van der Waals surface area contributed by atoms with Crippen LogP contribution in [0.3, 0.4) is 0 Å². The molecule has 0 aromatic carbocycles. The second kappa shape index (κ2) is 1.18. The van der Waals surface area contributed by atoms with Gasteiger partial charge in [-0.3, -0.25) is 0 Å². The van der Waals surface area contributed by atoms with Crippen molar-refractivity contribution < 1.29 is 0 Å². The molecule has 0 N–H and O–H groups in total. The largest absolute Gasteiger partial charge is 0.0993 e. The highest BCUT2D eigenvalue weighted by Crippen LogP contribution is 2.63. The molecule has 0 heteroatoms. The molecule has 0 radical (unpaired) electrons. The molecule has 0 spiro atoms. The number of hydrogen-bond donors (Lipinski definition) is 0. The molecule has 2 aliphatic carbocycles. The van der Waals surface area contributed by atoms with Gasteiger partial charge in [-0.2, -0.15) is 0 Å². The van der Waals surface area contributed by atoms with Crippen molar-refractivity contribution in [2.45, 2.75) is 19.8 Å². The Morgan fingerprint density at radius 2 is 2.50 bits per heavy atom. The predicted molar refractivity (Wildman–Crippen MR) is 34.5 cm³/mol. The van der Waals surface area contributed by atoms with Crippen LogP contribution in [0.15, 0.2) is 12.2 Å². The van der Waals surface area contributed by atoms with Gasteiger partial charge in [-0.15, -0.1) is 0 Å². The zero-order valence-corrected chi connectivity index (χ0v) is 5.35. The van der Waals surface area contributed by atoms with Crippen LogP contribution in [0.4, 0.5) is 0 Å². The summed E-state index contributed by atoms with van der Waals surface area (Å²) in [7, 11) is 0. The molecule has 2 rings (SSSR count). The standard InChI is InChI=1S/C8H12/c1-3-6-5(2)7-4-8(6)7/h6-8H,2-4H2,1H3. The summed E-state index contributed by atoms with van der Waals surface area (Å²) in [5.74, 6) is 3.01. The highest BCUT2D eigenvalue weighted by atomic mass is 14.6. The Morgan fingerprint density at radius 3 is 2.75 bits per heavy atom. The van der Waals surface area contributed by atoms with Gasteiger partial charge in [0.2, 0.25) is 0 Å². The van der Waals surface area contributed by atoms with Crippen molar-refractivity contribution in [3.63, 3.8) is 0 Å². The average Bonchev–Trinajstić information content (AvgIpc) is 2.44. The fourth-order valence-corrected chi connectivity index (χ4v) is 2.08. The molecule has 44 valence electrons. The second-order valence-electron chi connectivity index (χ2n) is 3.10. The summed E-state index contributed by atoms with van der Waals surface area (Å²) >= 11 is 0. The van der Waals surface area contributed by atoms with Gasteiger partial charge in [0.15, 0.2) is 0 Å². The fraction of sp³-hybridized carbons (Fsp3) is 0.750. The van der Waals surface area contributed by atoms with Gasteiger partial charge in [0, 0.05) is 0 Å². The normalized spacial score (nSPS) is 50.1. The molecule has 2 fully saturated rings. The summed E-state index contributed by atoms with van der Waals surface area (Å²) in [5, 5.41) is 0. The quantitative estimate of drug-likeness (QED) is 0.452. The van der Waals surface area contributed by atoms with Gasteiger partial charge in [-0.25, -0.2) is 0 Å². The molecule has 0 saturated heterocycles. The van der Waals surface area contributed by atoms with Crippen LogP contribution in [-0.4, -0.2) is 0 Å². The summed E-state index contributed by atoms with van der Waals surface area (Å²) in [5.41, 5.74) is 1.55. The van der Waals surface area contributed by atoms with Gasteiger partial charge in [0.05, 0.1) is 0 Å². The highest BCUT2D eigenvalue weighted by Gasteiger charge is 2.55. The lowest BCUT2D eigenvalue weighted by Crippen LogP contribution is -2.17. The van der Waals surface area contributed by atoms with Crippen molar-refractivity contribution in [1.29, 1.82) is 0 Å². The smallest absolute Gasteiger partial charge is 0.0166 e.